The number of anilines is 1. The van der Waals surface area contributed by atoms with Gasteiger partial charge in [-0.15, -0.1) is 0 Å². The predicted molar refractivity (Wildman–Crippen MR) is 69.5 cm³/mol. The quantitative estimate of drug-likeness (QED) is 0.817. The Bertz CT molecular complexity index is 435. The summed E-state index contributed by atoms with van der Waals surface area (Å²) < 4.78 is 0. The number of nitrogens with zero attached hydrogens (tertiary/aromatic N) is 2. The first kappa shape index (κ1) is 12.2. The summed E-state index contributed by atoms with van der Waals surface area (Å²) in [6.45, 7) is 1.69. The highest BCUT2D eigenvalue weighted by atomic mass is 35.5. The Morgan fingerprint density at radius 1 is 1.47 bits per heavy atom. The Morgan fingerprint density at radius 2 is 2.24 bits per heavy atom. The molecule has 17 heavy (non-hydrogen) atoms. The molecule has 90 valence electrons. The molecular formula is C13H16ClN3. The van der Waals surface area contributed by atoms with E-state index in [1.54, 1.807) is 0 Å². The van der Waals surface area contributed by atoms with Crippen LogP contribution in [0.4, 0.5) is 5.69 Å². The van der Waals surface area contributed by atoms with E-state index >= 15 is 0 Å². The summed E-state index contributed by atoms with van der Waals surface area (Å²) in [5.74, 6) is 0. The number of nitrogen functional groups attached to an aromatic ring is 1. The van der Waals surface area contributed by atoms with Crippen LogP contribution in [0.15, 0.2) is 18.2 Å². The first-order chi connectivity index (χ1) is 8.20. The third-order valence-corrected chi connectivity index (χ3v) is 3.36. The molecule has 2 N–H and O–H groups in total. The lowest BCUT2D eigenvalue weighted by molar-refractivity contribution is 0.261. The van der Waals surface area contributed by atoms with Crippen LogP contribution in [0.1, 0.15) is 24.8 Å². The van der Waals surface area contributed by atoms with Gasteiger partial charge >= 0.3 is 0 Å². The van der Waals surface area contributed by atoms with Gasteiger partial charge in [0.05, 0.1) is 16.8 Å². The van der Waals surface area contributed by atoms with Crippen molar-refractivity contribution in [3.05, 3.63) is 28.8 Å². The summed E-state index contributed by atoms with van der Waals surface area (Å²) in [7, 11) is 0. The lowest BCUT2D eigenvalue weighted by Gasteiger charge is -2.20. The van der Waals surface area contributed by atoms with Crippen molar-refractivity contribution in [1.82, 2.24) is 4.90 Å². The molecule has 3 nitrogen and oxygen atoms in total. The second-order valence-corrected chi connectivity index (χ2v) is 4.87. The minimum atomic E-state index is 0.583. The maximum Gasteiger partial charge on any atom is 0.0635 e. The zero-order chi connectivity index (χ0) is 12.3. The lowest BCUT2D eigenvalue weighted by Crippen LogP contribution is -2.26. The van der Waals surface area contributed by atoms with E-state index in [0.29, 0.717) is 23.2 Å². The molecule has 4 heteroatoms. The predicted octanol–water partition coefficient (Wildman–Crippen LogP) is 2.80. The van der Waals surface area contributed by atoms with Crippen molar-refractivity contribution in [2.45, 2.75) is 31.8 Å². The van der Waals surface area contributed by atoms with Crippen molar-refractivity contribution < 1.29 is 0 Å². The first-order valence-electron chi connectivity index (χ1n) is 5.85. The lowest BCUT2D eigenvalue weighted by atomic mass is 10.2. The van der Waals surface area contributed by atoms with Crippen LogP contribution in [-0.2, 0) is 6.54 Å². The van der Waals surface area contributed by atoms with Gasteiger partial charge in [0.25, 0.3) is 0 Å². The SMILES string of the molecule is N#CCCN(Cc1ccc(Cl)c(N)c1)C1CC1. The van der Waals surface area contributed by atoms with Gasteiger partial charge in [0, 0.05) is 25.6 Å². The fraction of sp³-hybridized carbons (Fsp3) is 0.462. The highest BCUT2D eigenvalue weighted by Crippen LogP contribution is 2.29. The smallest absolute Gasteiger partial charge is 0.0635 e. The Labute approximate surface area is 107 Å². The maximum absolute atomic E-state index is 8.65. The molecule has 1 aromatic rings. The van der Waals surface area contributed by atoms with Crippen LogP contribution < -0.4 is 5.73 Å². The Kier molecular flexibility index (Phi) is 3.88. The number of nitrogens with two attached hydrogens (primary N) is 1. The van der Waals surface area contributed by atoms with Crippen LogP contribution in [0.2, 0.25) is 5.02 Å². The Hall–Kier alpha value is -1.24. The van der Waals surface area contributed by atoms with Gasteiger partial charge in [-0.05, 0) is 30.5 Å². The van der Waals surface area contributed by atoms with Crippen LogP contribution in [0.5, 0.6) is 0 Å². The van der Waals surface area contributed by atoms with Crippen molar-refractivity contribution >= 4 is 17.3 Å². The molecule has 0 amide bonds. The molecule has 1 aliphatic carbocycles. The van der Waals surface area contributed by atoms with Gasteiger partial charge in [-0.3, -0.25) is 4.90 Å². The number of halogens is 1. The molecule has 0 unspecified atom stereocenters. The zero-order valence-corrected chi connectivity index (χ0v) is 10.5. The van der Waals surface area contributed by atoms with E-state index in [0.717, 1.165) is 18.7 Å². The van der Waals surface area contributed by atoms with Crippen LogP contribution in [-0.4, -0.2) is 17.5 Å². The fourth-order valence-corrected chi connectivity index (χ4v) is 2.07. The zero-order valence-electron chi connectivity index (χ0n) is 9.69. The first-order valence-corrected chi connectivity index (χ1v) is 6.23. The number of nitriles is 1. The average molecular weight is 250 g/mol. The molecule has 0 aliphatic heterocycles. The van der Waals surface area contributed by atoms with E-state index in [-0.39, 0.29) is 0 Å². The van der Waals surface area contributed by atoms with Gasteiger partial charge in [-0.25, -0.2) is 0 Å². The molecule has 1 aromatic carbocycles. The Morgan fingerprint density at radius 3 is 2.82 bits per heavy atom. The molecular weight excluding hydrogens is 234 g/mol. The Balaban J connectivity index is 2.01. The molecule has 0 atom stereocenters. The topological polar surface area (TPSA) is 53.0 Å². The molecule has 0 bridgehead atoms. The molecule has 1 aliphatic rings. The molecule has 0 aromatic heterocycles. The van der Waals surface area contributed by atoms with Crippen LogP contribution in [0, 0.1) is 11.3 Å². The minimum absolute atomic E-state index is 0.583. The van der Waals surface area contributed by atoms with Crippen LogP contribution in [0.25, 0.3) is 0 Å². The highest BCUT2D eigenvalue weighted by molar-refractivity contribution is 6.33. The second-order valence-electron chi connectivity index (χ2n) is 4.47. The normalized spacial score (nSPS) is 14.9. The van der Waals surface area contributed by atoms with Crippen LogP contribution >= 0.6 is 11.6 Å². The summed E-state index contributed by atoms with van der Waals surface area (Å²) >= 11 is 5.89. The minimum Gasteiger partial charge on any atom is -0.398 e. The molecule has 1 saturated carbocycles. The monoisotopic (exact) mass is 249 g/mol. The summed E-state index contributed by atoms with van der Waals surface area (Å²) in [5.41, 5.74) is 7.57. The van der Waals surface area contributed by atoms with E-state index in [1.807, 2.05) is 18.2 Å². The molecule has 1 fully saturated rings. The van der Waals surface area contributed by atoms with Crippen molar-refractivity contribution in [2.75, 3.05) is 12.3 Å². The highest BCUT2D eigenvalue weighted by Gasteiger charge is 2.28. The molecule has 0 spiro atoms. The molecule has 0 radical (unpaired) electrons. The number of benzene rings is 1. The van der Waals surface area contributed by atoms with Gasteiger partial charge in [-0.2, -0.15) is 5.26 Å². The molecule has 2 rings (SSSR count). The van der Waals surface area contributed by atoms with Gasteiger partial charge in [0.15, 0.2) is 0 Å². The summed E-state index contributed by atoms with van der Waals surface area (Å²) in [6, 6.07) is 8.61. The number of rotatable bonds is 5. The summed E-state index contributed by atoms with van der Waals surface area (Å²) in [6.07, 6.45) is 3.07. The van der Waals surface area contributed by atoms with Crippen LogP contribution in [0.3, 0.4) is 0 Å². The van der Waals surface area contributed by atoms with Crippen molar-refractivity contribution in [3.8, 4) is 6.07 Å². The number of hydrogen-bond acceptors (Lipinski definition) is 3. The van der Waals surface area contributed by atoms with Crippen molar-refractivity contribution in [3.63, 3.8) is 0 Å². The molecule has 0 saturated heterocycles. The van der Waals surface area contributed by atoms with Gasteiger partial charge in [-0.1, -0.05) is 17.7 Å². The average Bonchev–Trinajstić information content (AvgIpc) is 3.13. The van der Waals surface area contributed by atoms with Crippen molar-refractivity contribution in [1.29, 1.82) is 5.26 Å². The summed E-state index contributed by atoms with van der Waals surface area (Å²) in [4.78, 5) is 2.35. The third kappa shape index (κ3) is 3.36. The van der Waals surface area contributed by atoms with E-state index < -0.39 is 0 Å². The number of hydrogen-bond donors (Lipinski definition) is 1. The summed E-state index contributed by atoms with van der Waals surface area (Å²) in [5, 5.41) is 9.25. The van der Waals surface area contributed by atoms with Crippen molar-refractivity contribution in [2.24, 2.45) is 0 Å². The van der Waals surface area contributed by atoms with E-state index in [4.69, 9.17) is 22.6 Å². The standard InChI is InChI=1S/C13H16ClN3/c14-12-5-2-10(8-13(12)16)9-17(7-1-6-15)11-3-4-11/h2,5,8,11H,1,3-4,7,9,16H2. The van der Waals surface area contributed by atoms with E-state index in [2.05, 4.69) is 11.0 Å². The largest absolute Gasteiger partial charge is 0.398 e. The van der Waals surface area contributed by atoms with Gasteiger partial charge < -0.3 is 5.73 Å². The fourth-order valence-electron chi connectivity index (χ4n) is 1.95. The third-order valence-electron chi connectivity index (χ3n) is 3.02. The molecule has 0 heterocycles. The van der Waals surface area contributed by atoms with E-state index in [1.165, 1.54) is 12.8 Å². The van der Waals surface area contributed by atoms with Gasteiger partial charge in [0.1, 0.15) is 0 Å². The maximum atomic E-state index is 8.65. The second kappa shape index (κ2) is 5.39. The van der Waals surface area contributed by atoms with E-state index in [9.17, 15) is 0 Å². The van der Waals surface area contributed by atoms with Gasteiger partial charge in [0.2, 0.25) is 0 Å².